The maximum Gasteiger partial charge on any atom is 0.260 e. The van der Waals surface area contributed by atoms with Gasteiger partial charge >= 0.3 is 0 Å². The van der Waals surface area contributed by atoms with Crippen LogP contribution in [0.25, 0.3) is 0 Å². The summed E-state index contributed by atoms with van der Waals surface area (Å²) in [6.45, 7) is 0.526. The minimum Gasteiger partial charge on any atom is -0.304 e. The van der Waals surface area contributed by atoms with E-state index in [1.807, 2.05) is 60.7 Å². The zero-order valence-electron chi connectivity index (χ0n) is 12.5. The lowest BCUT2D eigenvalue weighted by Gasteiger charge is -2.23. The van der Waals surface area contributed by atoms with E-state index < -0.39 is 0 Å². The Morgan fingerprint density at radius 2 is 1.52 bits per heavy atom. The second-order valence-electron chi connectivity index (χ2n) is 4.95. The van der Waals surface area contributed by atoms with Crippen molar-refractivity contribution in [1.82, 2.24) is 4.98 Å². The fraction of sp³-hybridized carbons (Fsp3) is 0.0526. The van der Waals surface area contributed by atoms with Gasteiger partial charge in [0.05, 0.1) is 12.1 Å². The minimum atomic E-state index is -0.0526. The first-order valence-corrected chi connectivity index (χ1v) is 7.15. The molecule has 0 spiro atoms. The van der Waals surface area contributed by atoms with Crippen LogP contribution in [0.5, 0.6) is 0 Å². The molecule has 1 aromatic heterocycles. The van der Waals surface area contributed by atoms with E-state index in [4.69, 9.17) is 0 Å². The fourth-order valence-electron chi connectivity index (χ4n) is 2.30. The summed E-state index contributed by atoms with van der Waals surface area (Å²) in [5.74, 6) is -0.0526. The molecule has 3 nitrogen and oxygen atoms in total. The van der Waals surface area contributed by atoms with Crippen molar-refractivity contribution >= 4 is 24.0 Å². The number of aromatic nitrogens is 1. The summed E-state index contributed by atoms with van der Waals surface area (Å²) >= 11 is 0. The predicted octanol–water partition coefficient (Wildman–Crippen LogP) is 4.35. The molecule has 0 atom stereocenters. The van der Waals surface area contributed by atoms with Crippen LogP contribution < -0.4 is 4.90 Å². The number of anilines is 1. The van der Waals surface area contributed by atoms with Crippen LogP contribution in [0.1, 0.15) is 15.9 Å². The van der Waals surface area contributed by atoms with Crippen LogP contribution in [0.2, 0.25) is 0 Å². The lowest BCUT2D eigenvalue weighted by atomic mass is 10.1. The molecule has 0 bridgehead atoms. The smallest absolute Gasteiger partial charge is 0.260 e. The van der Waals surface area contributed by atoms with Gasteiger partial charge in [0.1, 0.15) is 0 Å². The molecule has 0 aliphatic rings. The van der Waals surface area contributed by atoms with Gasteiger partial charge in [-0.15, -0.1) is 12.4 Å². The van der Waals surface area contributed by atoms with Crippen LogP contribution in [0.4, 0.5) is 5.69 Å². The van der Waals surface area contributed by atoms with Gasteiger partial charge in [0.15, 0.2) is 0 Å². The highest BCUT2D eigenvalue weighted by atomic mass is 35.5. The summed E-state index contributed by atoms with van der Waals surface area (Å²) in [6.07, 6.45) is 3.27. The van der Waals surface area contributed by atoms with Gasteiger partial charge in [-0.1, -0.05) is 48.5 Å². The van der Waals surface area contributed by atoms with Gasteiger partial charge in [0, 0.05) is 18.1 Å². The van der Waals surface area contributed by atoms with E-state index in [9.17, 15) is 4.79 Å². The van der Waals surface area contributed by atoms with Crippen molar-refractivity contribution in [3.8, 4) is 0 Å². The standard InChI is InChI=1S/C19H16N2O.ClH/c22-19(17-10-7-13-20-14-17)21(18-11-5-2-6-12-18)15-16-8-3-1-4-9-16;/h1-14H,15H2;1H. The van der Waals surface area contributed by atoms with Crippen LogP contribution in [0, 0.1) is 0 Å². The maximum atomic E-state index is 12.8. The Morgan fingerprint density at radius 1 is 0.870 bits per heavy atom. The molecule has 0 fully saturated rings. The van der Waals surface area contributed by atoms with E-state index in [1.165, 1.54) is 0 Å². The number of halogens is 1. The van der Waals surface area contributed by atoms with Crippen molar-refractivity contribution in [2.45, 2.75) is 6.54 Å². The van der Waals surface area contributed by atoms with Crippen molar-refractivity contribution in [2.24, 2.45) is 0 Å². The van der Waals surface area contributed by atoms with E-state index in [-0.39, 0.29) is 18.3 Å². The van der Waals surface area contributed by atoms with Crippen LogP contribution in [0.15, 0.2) is 85.2 Å². The largest absolute Gasteiger partial charge is 0.304 e. The maximum absolute atomic E-state index is 12.8. The molecule has 1 amide bonds. The van der Waals surface area contributed by atoms with Crippen LogP contribution in [0.3, 0.4) is 0 Å². The van der Waals surface area contributed by atoms with Gasteiger partial charge in [-0.05, 0) is 29.8 Å². The molecule has 0 radical (unpaired) electrons. The van der Waals surface area contributed by atoms with Crippen molar-refractivity contribution < 1.29 is 4.79 Å². The number of para-hydroxylation sites is 1. The van der Waals surface area contributed by atoms with Crippen molar-refractivity contribution in [3.63, 3.8) is 0 Å². The molecule has 1 heterocycles. The van der Waals surface area contributed by atoms with Gasteiger partial charge in [0.25, 0.3) is 5.91 Å². The summed E-state index contributed by atoms with van der Waals surface area (Å²) in [4.78, 5) is 18.6. The molecule has 0 unspecified atom stereocenters. The molecule has 0 N–H and O–H groups in total. The first kappa shape index (κ1) is 16.7. The molecule has 0 saturated heterocycles. The summed E-state index contributed by atoms with van der Waals surface area (Å²) in [5.41, 5.74) is 2.55. The minimum absolute atomic E-state index is 0. The quantitative estimate of drug-likeness (QED) is 0.714. The van der Waals surface area contributed by atoms with E-state index >= 15 is 0 Å². The summed E-state index contributed by atoms with van der Waals surface area (Å²) in [6, 6.07) is 23.2. The number of hydrogen-bond acceptors (Lipinski definition) is 2. The number of pyridine rings is 1. The van der Waals surface area contributed by atoms with Crippen molar-refractivity contribution in [3.05, 3.63) is 96.3 Å². The molecule has 3 rings (SSSR count). The normalized spacial score (nSPS) is 9.74. The van der Waals surface area contributed by atoms with E-state index in [2.05, 4.69) is 4.98 Å². The Morgan fingerprint density at radius 3 is 2.13 bits per heavy atom. The average molecular weight is 325 g/mol. The first-order chi connectivity index (χ1) is 10.8. The molecule has 0 aliphatic heterocycles. The topological polar surface area (TPSA) is 33.2 Å². The average Bonchev–Trinajstić information content (AvgIpc) is 2.61. The second kappa shape index (κ2) is 8.11. The van der Waals surface area contributed by atoms with E-state index in [0.29, 0.717) is 12.1 Å². The van der Waals surface area contributed by atoms with Gasteiger partial charge in [-0.25, -0.2) is 0 Å². The Balaban J connectivity index is 0.00000192. The molecule has 0 aliphatic carbocycles. The third-order valence-electron chi connectivity index (χ3n) is 3.41. The number of rotatable bonds is 4. The summed E-state index contributed by atoms with van der Waals surface area (Å²) < 4.78 is 0. The first-order valence-electron chi connectivity index (χ1n) is 7.15. The molecular formula is C19H17ClN2O. The van der Waals surface area contributed by atoms with Crippen molar-refractivity contribution in [2.75, 3.05) is 4.90 Å². The van der Waals surface area contributed by atoms with Gasteiger partial charge in [0.2, 0.25) is 0 Å². The van der Waals surface area contributed by atoms with E-state index in [1.54, 1.807) is 29.4 Å². The molecule has 3 aromatic rings. The lowest BCUT2D eigenvalue weighted by Crippen LogP contribution is -2.30. The Kier molecular flexibility index (Phi) is 5.89. The van der Waals surface area contributed by atoms with Gasteiger partial charge in [-0.3, -0.25) is 9.78 Å². The molecule has 2 aromatic carbocycles. The molecule has 23 heavy (non-hydrogen) atoms. The molecular weight excluding hydrogens is 308 g/mol. The highest BCUT2D eigenvalue weighted by Gasteiger charge is 2.17. The highest BCUT2D eigenvalue weighted by Crippen LogP contribution is 2.19. The van der Waals surface area contributed by atoms with Crippen LogP contribution in [-0.2, 0) is 6.54 Å². The molecule has 116 valence electrons. The Labute approximate surface area is 142 Å². The van der Waals surface area contributed by atoms with E-state index in [0.717, 1.165) is 11.3 Å². The monoisotopic (exact) mass is 324 g/mol. The summed E-state index contributed by atoms with van der Waals surface area (Å²) in [7, 11) is 0. The number of benzene rings is 2. The number of carbonyl (C=O) groups is 1. The second-order valence-corrected chi connectivity index (χ2v) is 4.95. The Bertz CT molecular complexity index is 733. The van der Waals surface area contributed by atoms with Gasteiger partial charge < -0.3 is 4.90 Å². The number of nitrogens with zero attached hydrogens (tertiary/aromatic N) is 2. The fourth-order valence-corrected chi connectivity index (χ4v) is 2.30. The van der Waals surface area contributed by atoms with Crippen molar-refractivity contribution in [1.29, 1.82) is 0 Å². The SMILES string of the molecule is Cl.O=C(c1cccnc1)N(Cc1ccccc1)c1ccccc1. The number of carbonyl (C=O) groups excluding carboxylic acids is 1. The number of amides is 1. The highest BCUT2D eigenvalue weighted by molar-refractivity contribution is 6.05. The summed E-state index contributed by atoms with van der Waals surface area (Å²) in [5, 5.41) is 0. The van der Waals surface area contributed by atoms with Crippen LogP contribution in [-0.4, -0.2) is 10.9 Å². The zero-order chi connectivity index (χ0) is 15.2. The van der Waals surface area contributed by atoms with Crippen LogP contribution >= 0.6 is 12.4 Å². The van der Waals surface area contributed by atoms with Gasteiger partial charge in [-0.2, -0.15) is 0 Å². The lowest BCUT2D eigenvalue weighted by molar-refractivity contribution is 0.0985. The Hall–Kier alpha value is -2.65. The predicted molar refractivity (Wildman–Crippen MR) is 94.9 cm³/mol. The third-order valence-corrected chi connectivity index (χ3v) is 3.41. The molecule has 4 heteroatoms. The molecule has 0 saturated carbocycles. The third kappa shape index (κ3) is 4.18. The zero-order valence-corrected chi connectivity index (χ0v) is 13.3. The number of hydrogen-bond donors (Lipinski definition) is 0.